The minimum atomic E-state index is -0.308. The summed E-state index contributed by atoms with van der Waals surface area (Å²) in [5.74, 6) is 0.956. The van der Waals surface area contributed by atoms with E-state index in [2.05, 4.69) is 25.4 Å². The lowest BCUT2D eigenvalue weighted by Gasteiger charge is -2.26. The number of halogens is 1. The van der Waals surface area contributed by atoms with E-state index in [0.29, 0.717) is 17.5 Å². The second kappa shape index (κ2) is 12.0. The van der Waals surface area contributed by atoms with Gasteiger partial charge in [0.15, 0.2) is 5.82 Å². The van der Waals surface area contributed by atoms with E-state index in [-0.39, 0.29) is 23.4 Å². The minimum Gasteiger partial charge on any atom is -0.497 e. The molecule has 0 bridgehead atoms. The quantitative estimate of drug-likeness (QED) is 0.426. The van der Waals surface area contributed by atoms with E-state index >= 15 is 0 Å². The van der Waals surface area contributed by atoms with Gasteiger partial charge in [-0.05, 0) is 42.0 Å². The molecule has 34 heavy (non-hydrogen) atoms. The lowest BCUT2D eigenvalue weighted by molar-refractivity contribution is -0.121. The first-order valence-corrected chi connectivity index (χ1v) is 12.0. The van der Waals surface area contributed by atoms with E-state index in [1.54, 1.807) is 19.2 Å². The van der Waals surface area contributed by atoms with Crippen molar-refractivity contribution in [3.8, 4) is 17.1 Å². The molecule has 0 saturated carbocycles. The Morgan fingerprint density at radius 1 is 1.21 bits per heavy atom. The fourth-order valence-electron chi connectivity index (χ4n) is 3.63. The number of thioether (sulfide) groups is 1. The zero-order valence-electron chi connectivity index (χ0n) is 19.0. The Morgan fingerprint density at radius 3 is 2.65 bits per heavy atom. The number of aromatic nitrogens is 3. The Bertz CT molecular complexity index is 1060. The van der Waals surface area contributed by atoms with Gasteiger partial charge >= 0.3 is 0 Å². The second-order valence-electron chi connectivity index (χ2n) is 7.86. The number of nitrogens with one attached hydrogen (secondary N) is 2. The average Bonchev–Trinajstić information content (AvgIpc) is 3.33. The molecule has 3 aromatic rings. The molecule has 8 nitrogen and oxygen atoms in total. The maximum atomic E-state index is 13.2. The van der Waals surface area contributed by atoms with Crippen molar-refractivity contribution in [2.24, 2.45) is 0 Å². The maximum Gasteiger partial charge on any atom is 0.221 e. The molecule has 0 aliphatic carbocycles. The van der Waals surface area contributed by atoms with Gasteiger partial charge in [-0.2, -0.15) is 0 Å². The summed E-state index contributed by atoms with van der Waals surface area (Å²) in [5, 5.41) is 10.6. The van der Waals surface area contributed by atoms with Crippen LogP contribution >= 0.6 is 11.8 Å². The Balaban J connectivity index is 1.41. The van der Waals surface area contributed by atoms with Gasteiger partial charge in [-0.15, -0.1) is 5.10 Å². The topological polar surface area (TPSA) is 92.4 Å². The third kappa shape index (κ3) is 6.78. The fraction of sp³-hybridized carbons (Fsp3) is 0.375. The van der Waals surface area contributed by atoms with Gasteiger partial charge in [-0.1, -0.05) is 23.9 Å². The molecule has 10 heteroatoms. The first-order valence-electron chi connectivity index (χ1n) is 11.2. The molecule has 1 saturated heterocycles. The first-order chi connectivity index (χ1) is 16.6. The summed E-state index contributed by atoms with van der Waals surface area (Å²) in [5.41, 5.74) is 1.71. The molecular formula is C24H28FN5O3S. The number of benzene rings is 2. The van der Waals surface area contributed by atoms with Crippen LogP contribution in [0, 0.1) is 5.82 Å². The Morgan fingerprint density at radius 2 is 1.94 bits per heavy atom. The van der Waals surface area contributed by atoms with E-state index in [9.17, 15) is 9.18 Å². The van der Waals surface area contributed by atoms with E-state index in [4.69, 9.17) is 9.47 Å². The fourth-order valence-corrected chi connectivity index (χ4v) is 4.65. The standard InChI is InChI=1S/C24H28FN5O3S/c1-32-20-8-4-17(5-9-20)21(16-22(31)26-10-11-30-12-14-33-15-13-30)34-24-27-23(28-29-24)18-2-6-19(25)7-3-18/h2-9,21H,10-16H2,1H3,(H,26,31)(H,27,28,29)/t21-/m1/s1. The van der Waals surface area contributed by atoms with Crippen LogP contribution in [0.2, 0.25) is 0 Å². The zero-order chi connectivity index (χ0) is 23.8. The van der Waals surface area contributed by atoms with Crippen molar-refractivity contribution >= 4 is 17.7 Å². The first kappa shape index (κ1) is 24.2. The minimum absolute atomic E-state index is 0.0316. The molecule has 180 valence electrons. The van der Waals surface area contributed by atoms with Crippen molar-refractivity contribution in [1.29, 1.82) is 0 Å². The number of hydrogen-bond donors (Lipinski definition) is 2. The van der Waals surface area contributed by atoms with Crippen LogP contribution in [0.1, 0.15) is 17.2 Å². The molecule has 1 atom stereocenters. The third-order valence-electron chi connectivity index (χ3n) is 5.54. The van der Waals surface area contributed by atoms with Crippen molar-refractivity contribution in [1.82, 2.24) is 25.4 Å². The Hall–Kier alpha value is -2.95. The Kier molecular flexibility index (Phi) is 8.51. The summed E-state index contributed by atoms with van der Waals surface area (Å²) in [6.07, 6.45) is 0.278. The van der Waals surface area contributed by atoms with Gasteiger partial charge in [-0.25, -0.2) is 9.37 Å². The van der Waals surface area contributed by atoms with E-state index in [1.807, 2.05) is 24.3 Å². The van der Waals surface area contributed by atoms with Crippen molar-refractivity contribution < 1.29 is 18.7 Å². The van der Waals surface area contributed by atoms with Crippen molar-refractivity contribution in [3.63, 3.8) is 0 Å². The summed E-state index contributed by atoms with van der Waals surface area (Å²) in [6, 6.07) is 13.7. The van der Waals surface area contributed by atoms with Crippen LogP contribution in [0.5, 0.6) is 5.75 Å². The average molecular weight is 486 g/mol. The Labute approximate surface area is 202 Å². The highest BCUT2D eigenvalue weighted by atomic mass is 32.2. The molecule has 1 fully saturated rings. The lowest BCUT2D eigenvalue weighted by Crippen LogP contribution is -2.41. The number of hydrogen-bond acceptors (Lipinski definition) is 7. The monoisotopic (exact) mass is 485 g/mol. The zero-order valence-corrected chi connectivity index (χ0v) is 19.8. The van der Waals surface area contributed by atoms with Gasteiger partial charge in [0.1, 0.15) is 11.6 Å². The second-order valence-corrected chi connectivity index (χ2v) is 9.03. The number of morpholine rings is 1. The molecule has 2 aromatic carbocycles. The van der Waals surface area contributed by atoms with Gasteiger partial charge in [0.25, 0.3) is 0 Å². The van der Waals surface area contributed by atoms with Crippen LogP contribution in [-0.2, 0) is 9.53 Å². The van der Waals surface area contributed by atoms with E-state index in [0.717, 1.165) is 49.7 Å². The number of amides is 1. The third-order valence-corrected chi connectivity index (χ3v) is 6.66. The highest BCUT2D eigenvalue weighted by Gasteiger charge is 2.21. The van der Waals surface area contributed by atoms with Crippen LogP contribution in [0.4, 0.5) is 4.39 Å². The number of carbonyl (C=O) groups is 1. The SMILES string of the molecule is COc1ccc([C@@H](CC(=O)NCCN2CCOCC2)Sc2n[nH]c(-c3ccc(F)cc3)n2)cc1. The van der Waals surface area contributed by atoms with E-state index < -0.39 is 0 Å². The van der Waals surface area contributed by atoms with Crippen LogP contribution in [0.25, 0.3) is 11.4 Å². The van der Waals surface area contributed by atoms with Crippen LogP contribution in [0.15, 0.2) is 53.7 Å². The maximum absolute atomic E-state index is 13.2. The molecule has 1 aliphatic rings. The molecule has 1 amide bonds. The summed E-state index contributed by atoms with van der Waals surface area (Å²) < 4.78 is 23.9. The highest BCUT2D eigenvalue weighted by molar-refractivity contribution is 7.99. The molecule has 4 rings (SSSR count). The summed E-state index contributed by atoms with van der Waals surface area (Å²) in [7, 11) is 1.62. The predicted octanol–water partition coefficient (Wildman–Crippen LogP) is 3.29. The molecule has 2 N–H and O–H groups in total. The molecule has 1 aliphatic heterocycles. The molecule has 0 radical (unpaired) electrons. The normalized spacial score (nSPS) is 15.1. The number of ether oxygens (including phenoxy) is 2. The van der Waals surface area contributed by atoms with Gasteiger partial charge in [0, 0.05) is 43.4 Å². The molecule has 2 heterocycles. The molecular weight excluding hydrogens is 457 g/mol. The van der Waals surface area contributed by atoms with Crippen LogP contribution in [0.3, 0.4) is 0 Å². The number of methoxy groups -OCH3 is 1. The number of H-pyrrole nitrogens is 1. The predicted molar refractivity (Wildman–Crippen MR) is 128 cm³/mol. The van der Waals surface area contributed by atoms with Crippen molar-refractivity contribution in [3.05, 3.63) is 59.9 Å². The summed E-state index contributed by atoms with van der Waals surface area (Å²) >= 11 is 1.41. The lowest BCUT2D eigenvalue weighted by atomic mass is 10.1. The summed E-state index contributed by atoms with van der Waals surface area (Å²) in [6.45, 7) is 4.65. The highest BCUT2D eigenvalue weighted by Crippen LogP contribution is 2.37. The molecule has 0 spiro atoms. The van der Waals surface area contributed by atoms with Gasteiger partial charge < -0.3 is 14.8 Å². The van der Waals surface area contributed by atoms with Gasteiger partial charge in [0.05, 0.1) is 20.3 Å². The summed E-state index contributed by atoms with van der Waals surface area (Å²) in [4.78, 5) is 19.6. The smallest absolute Gasteiger partial charge is 0.221 e. The van der Waals surface area contributed by atoms with Crippen LogP contribution in [-0.4, -0.2) is 72.5 Å². The number of rotatable bonds is 10. The number of aromatic amines is 1. The molecule has 0 unspecified atom stereocenters. The number of nitrogens with zero attached hydrogens (tertiary/aromatic N) is 3. The van der Waals surface area contributed by atoms with Gasteiger partial charge in [-0.3, -0.25) is 14.8 Å². The number of carbonyl (C=O) groups excluding carboxylic acids is 1. The molecule has 1 aromatic heterocycles. The van der Waals surface area contributed by atoms with Gasteiger partial charge in [0.2, 0.25) is 11.1 Å². The van der Waals surface area contributed by atoms with Crippen molar-refractivity contribution in [2.75, 3.05) is 46.5 Å². The van der Waals surface area contributed by atoms with Crippen LogP contribution < -0.4 is 10.1 Å². The largest absolute Gasteiger partial charge is 0.497 e. The van der Waals surface area contributed by atoms with E-state index in [1.165, 1.54) is 23.9 Å². The van der Waals surface area contributed by atoms with Crippen molar-refractivity contribution in [2.45, 2.75) is 16.8 Å².